The third-order valence-electron chi connectivity index (χ3n) is 5.39. The smallest absolute Gasteiger partial charge is 0.317 e. The Kier molecular flexibility index (Phi) is 7.09. The van der Waals surface area contributed by atoms with Gasteiger partial charge in [-0.25, -0.2) is 9.78 Å². The SMILES string of the molecule is Cc1ccc(CNC(=O)N2CCCC(c3nccn3CCCN(C)C)C2)cc1. The van der Waals surface area contributed by atoms with Gasteiger partial charge in [0.15, 0.2) is 0 Å². The van der Waals surface area contributed by atoms with Crippen molar-refractivity contribution in [1.82, 2.24) is 24.7 Å². The van der Waals surface area contributed by atoms with E-state index in [2.05, 4.69) is 71.2 Å². The third kappa shape index (κ3) is 5.58. The van der Waals surface area contributed by atoms with E-state index in [1.807, 2.05) is 11.1 Å². The van der Waals surface area contributed by atoms with Crippen molar-refractivity contribution in [3.05, 3.63) is 53.6 Å². The van der Waals surface area contributed by atoms with E-state index in [0.717, 1.165) is 56.8 Å². The van der Waals surface area contributed by atoms with E-state index in [1.165, 1.54) is 5.56 Å². The van der Waals surface area contributed by atoms with Gasteiger partial charge < -0.3 is 19.7 Å². The molecule has 1 aliphatic heterocycles. The van der Waals surface area contributed by atoms with Gasteiger partial charge in [0.05, 0.1) is 0 Å². The molecule has 0 aliphatic carbocycles. The average molecular weight is 384 g/mol. The predicted octanol–water partition coefficient (Wildman–Crippen LogP) is 3.23. The Bertz CT molecular complexity index is 753. The molecule has 6 nitrogen and oxygen atoms in total. The molecule has 2 heterocycles. The van der Waals surface area contributed by atoms with Crippen molar-refractivity contribution in [3.63, 3.8) is 0 Å². The van der Waals surface area contributed by atoms with Crippen LogP contribution < -0.4 is 5.32 Å². The number of imidazole rings is 1. The van der Waals surface area contributed by atoms with Crippen LogP contribution in [0.25, 0.3) is 0 Å². The van der Waals surface area contributed by atoms with E-state index >= 15 is 0 Å². The first kappa shape index (κ1) is 20.4. The number of rotatable bonds is 7. The van der Waals surface area contributed by atoms with Gasteiger partial charge >= 0.3 is 6.03 Å². The summed E-state index contributed by atoms with van der Waals surface area (Å²) in [6.45, 7) is 6.24. The number of hydrogen-bond acceptors (Lipinski definition) is 3. The molecular weight excluding hydrogens is 350 g/mol. The number of aromatic nitrogens is 2. The van der Waals surface area contributed by atoms with Crippen LogP contribution in [0.15, 0.2) is 36.7 Å². The molecule has 1 unspecified atom stereocenters. The van der Waals surface area contributed by atoms with Crippen LogP contribution in [0.2, 0.25) is 0 Å². The number of urea groups is 1. The molecule has 6 heteroatoms. The molecular formula is C22H33N5O. The van der Waals surface area contributed by atoms with Gasteiger partial charge in [-0.1, -0.05) is 29.8 Å². The Morgan fingerprint density at radius 1 is 1.29 bits per heavy atom. The van der Waals surface area contributed by atoms with Gasteiger partial charge in [0, 0.05) is 44.5 Å². The molecule has 1 aromatic heterocycles. The molecule has 1 aliphatic rings. The summed E-state index contributed by atoms with van der Waals surface area (Å²) >= 11 is 0. The monoisotopic (exact) mass is 383 g/mol. The number of nitrogens with zero attached hydrogens (tertiary/aromatic N) is 4. The average Bonchev–Trinajstić information content (AvgIpc) is 3.15. The van der Waals surface area contributed by atoms with Crippen LogP contribution in [0.4, 0.5) is 4.79 Å². The minimum Gasteiger partial charge on any atom is -0.335 e. The van der Waals surface area contributed by atoms with Crippen molar-refractivity contribution in [2.45, 2.75) is 45.2 Å². The summed E-state index contributed by atoms with van der Waals surface area (Å²) in [6, 6.07) is 8.32. The number of nitrogens with one attached hydrogen (secondary N) is 1. The molecule has 1 atom stereocenters. The Labute approximate surface area is 168 Å². The predicted molar refractivity (Wildman–Crippen MR) is 112 cm³/mol. The number of carbonyl (C=O) groups excluding carboxylic acids is 1. The minimum absolute atomic E-state index is 0.0241. The quantitative estimate of drug-likeness (QED) is 0.799. The third-order valence-corrected chi connectivity index (χ3v) is 5.39. The standard InChI is InChI=1S/C22H33N5O/c1-18-7-9-19(10-8-18)16-24-22(28)27-13-4-6-20(17-27)21-23-11-15-26(21)14-5-12-25(2)3/h7-11,15,20H,4-6,12-14,16-17H2,1-3H3,(H,24,28). The summed E-state index contributed by atoms with van der Waals surface area (Å²) in [5.74, 6) is 1.43. The summed E-state index contributed by atoms with van der Waals surface area (Å²) in [5.41, 5.74) is 2.36. The second kappa shape index (κ2) is 9.73. The molecule has 1 N–H and O–H groups in total. The van der Waals surface area contributed by atoms with Gasteiger partial charge in [0.1, 0.15) is 5.82 Å². The first-order chi connectivity index (χ1) is 13.5. The second-order valence-corrected chi connectivity index (χ2v) is 8.07. The molecule has 0 bridgehead atoms. The lowest BCUT2D eigenvalue weighted by Gasteiger charge is -2.32. The molecule has 1 aromatic carbocycles. The summed E-state index contributed by atoms with van der Waals surface area (Å²) in [5, 5.41) is 3.07. The van der Waals surface area contributed by atoms with Crippen LogP contribution in [-0.4, -0.2) is 59.1 Å². The number of likely N-dealkylation sites (tertiary alicyclic amines) is 1. The van der Waals surface area contributed by atoms with Gasteiger partial charge in [-0.3, -0.25) is 0 Å². The molecule has 28 heavy (non-hydrogen) atoms. The van der Waals surface area contributed by atoms with Crippen LogP contribution in [0.5, 0.6) is 0 Å². The van der Waals surface area contributed by atoms with Crippen molar-refractivity contribution in [2.75, 3.05) is 33.7 Å². The van der Waals surface area contributed by atoms with Gasteiger partial charge in [-0.15, -0.1) is 0 Å². The Balaban J connectivity index is 1.54. The van der Waals surface area contributed by atoms with Crippen molar-refractivity contribution < 1.29 is 4.79 Å². The zero-order valence-electron chi connectivity index (χ0n) is 17.4. The van der Waals surface area contributed by atoms with Crippen LogP contribution in [0, 0.1) is 6.92 Å². The zero-order chi connectivity index (χ0) is 19.9. The second-order valence-electron chi connectivity index (χ2n) is 8.07. The molecule has 1 saturated heterocycles. The Morgan fingerprint density at radius 3 is 2.82 bits per heavy atom. The number of aryl methyl sites for hydroxylation is 2. The van der Waals surface area contributed by atoms with Crippen molar-refractivity contribution in [1.29, 1.82) is 0 Å². The topological polar surface area (TPSA) is 53.4 Å². The van der Waals surface area contributed by atoms with Crippen molar-refractivity contribution in [2.24, 2.45) is 0 Å². The highest BCUT2D eigenvalue weighted by Crippen LogP contribution is 2.26. The van der Waals surface area contributed by atoms with Crippen molar-refractivity contribution in [3.8, 4) is 0 Å². The van der Waals surface area contributed by atoms with Crippen LogP contribution >= 0.6 is 0 Å². The highest BCUT2D eigenvalue weighted by molar-refractivity contribution is 5.74. The van der Waals surface area contributed by atoms with Gasteiger partial charge in [-0.2, -0.15) is 0 Å². The fourth-order valence-corrected chi connectivity index (χ4v) is 3.79. The van der Waals surface area contributed by atoms with Crippen molar-refractivity contribution >= 4 is 6.03 Å². The van der Waals surface area contributed by atoms with E-state index < -0.39 is 0 Å². The Hall–Kier alpha value is -2.34. The normalized spacial score (nSPS) is 17.1. The first-order valence-electron chi connectivity index (χ1n) is 10.3. The maximum absolute atomic E-state index is 12.7. The largest absolute Gasteiger partial charge is 0.335 e. The number of hydrogen-bond donors (Lipinski definition) is 1. The molecule has 0 radical (unpaired) electrons. The van der Waals surface area contributed by atoms with Gasteiger partial charge in [0.25, 0.3) is 0 Å². The highest BCUT2D eigenvalue weighted by Gasteiger charge is 2.27. The fourth-order valence-electron chi connectivity index (χ4n) is 3.79. The van der Waals surface area contributed by atoms with E-state index in [-0.39, 0.29) is 6.03 Å². The van der Waals surface area contributed by atoms with Gasteiger partial charge in [-0.05, 0) is 52.4 Å². The number of benzene rings is 1. The fraction of sp³-hybridized carbons (Fsp3) is 0.545. The van der Waals surface area contributed by atoms with E-state index in [9.17, 15) is 4.79 Å². The maximum atomic E-state index is 12.7. The maximum Gasteiger partial charge on any atom is 0.317 e. The summed E-state index contributed by atoms with van der Waals surface area (Å²) < 4.78 is 2.27. The summed E-state index contributed by atoms with van der Waals surface area (Å²) in [7, 11) is 4.20. The Morgan fingerprint density at radius 2 is 2.07 bits per heavy atom. The first-order valence-corrected chi connectivity index (χ1v) is 10.3. The van der Waals surface area contributed by atoms with E-state index in [0.29, 0.717) is 12.5 Å². The van der Waals surface area contributed by atoms with Gasteiger partial charge in [0.2, 0.25) is 0 Å². The minimum atomic E-state index is 0.0241. The summed E-state index contributed by atoms with van der Waals surface area (Å²) in [6.07, 6.45) is 7.17. The zero-order valence-corrected chi connectivity index (χ0v) is 17.4. The van der Waals surface area contributed by atoms with Crippen LogP contribution in [0.1, 0.15) is 42.1 Å². The molecule has 1 fully saturated rings. The molecule has 2 aromatic rings. The molecule has 3 rings (SSSR count). The number of amides is 2. The molecule has 152 valence electrons. The molecule has 2 amide bonds. The number of piperidine rings is 1. The van der Waals surface area contributed by atoms with E-state index in [4.69, 9.17) is 0 Å². The lowest BCUT2D eigenvalue weighted by molar-refractivity contribution is 0.177. The summed E-state index contributed by atoms with van der Waals surface area (Å²) in [4.78, 5) is 21.4. The molecule has 0 spiro atoms. The lowest BCUT2D eigenvalue weighted by Crippen LogP contribution is -2.45. The van der Waals surface area contributed by atoms with Crippen LogP contribution in [-0.2, 0) is 13.1 Å². The number of carbonyl (C=O) groups is 1. The lowest BCUT2D eigenvalue weighted by atomic mass is 9.97. The van der Waals surface area contributed by atoms with E-state index in [1.54, 1.807) is 0 Å². The van der Waals surface area contributed by atoms with Crippen LogP contribution in [0.3, 0.4) is 0 Å². The molecule has 0 saturated carbocycles. The highest BCUT2D eigenvalue weighted by atomic mass is 16.2.